The molecule has 0 radical (unpaired) electrons. The Labute approximate surface area is 109 Å². The van der Waals surface area contributed by atoms with E-state index in [9.17, 15) is 4.79 Å². The molecule has 96 valence electrons. The van der Waals surface area contributed by atoms with Crippen LogP contribution in [0.1, 0.15) is 16.1 Å². The van der Waals surface area contributed by atoms with Crippen molar-refractivity contribution in [3.63, 3.8) is 0 Å². The molecule has 0 aliphatic carbocycles. The Morgan fingerprint density at radius 3 is 3.00 bits per heavy atom. The molecular weight excluding hydrogens is 242 g/mol. The predicted octanol–water partition coefficient (Wildman–Crippen LogP) is 2.73. The molecule has 3 aromatic heterocycles. The summed E-state index contributed by atoms with van der Waals surface area (Å²) in [4.78, 5) is 16.4. The van der Waals surface area contributed by atoms with Gasteiger partial charge in [-0.3, -0.25) is 4.79 Å². The van der Waals surface area contributed by atoms with Gasteiger partial charge in [0.15, 0.2) is 5.58 Å². The van der Waals surface area contributed by atoms with Crippen molar-refractivity contribution in [2.75, 3.05) is 5.32 Å². The van der Waals surface area contributed by atoms with Crippen LogP contribution in [0.15, 0.2) is 41.1 Å². The minimum atomic E-state index is -0.198. The first kappa shape index (κ1) is 11.5. The molecule has 0 atom stereocenters. The third-order valence-corrected chi connectivity index (χ3v) is 3.14. The SMILES string of the molecule is Cc1cccnc1NC(=O)c1cc2occc2n1C. The molecule has 0 spiro atoms. The number of amides is 1. The second-order valence-corrected chi connectivity index (χ2v) is 4.38. The number of furan rings is 1. The van der Waals surface area contributed by atoms with E-state index < -0.39 is 0 Å². The maximum Gasteiger partial charge on any atom is 0.273 e. The fourth-order valence-electron chi connectivity index (χ4n) is 2.06. The highest BCUT2D eigenvalue weighted by atomic mass is 16.3. The van der Waals surface area contributed by atoms with E-state index in [-0.39, 0.29) is 5.91 Å². The second-order valence-electron chi connectivity index (χ2n) is 4.38. The van der Waals surface area contributed by atoms with Gasteiger partial charge in [-0.25, -0.2) is 4.98 Å². The van der Waals surface area contributed by atoms with Gasteiger partial charge >= 0.3 is 0 Å². The Kier molecular flexibility index (Phi) is 2.59. The molecule has 1 N–H and O–H groups in total. The van der Waals surface area contributed by atoms with Gasteiger partial charge in [0.25, 0.3) is 5.91 Å². The van der Waals surface area contributed by atoms with Crippen LogP contribution < -0.4 is 5.32 Å². The van der Waals surface area contributed by atoms with Crippen LogP contribution in [0, 0.1) is 6.92 Å². The smallest absolute Gasteiger partial charge is 0.273 e. The summed E-state index contributed by atoms with van der Waals surface area (Å²) in [5.41, 5.74) is 3.06. The molecule has 0 fully saturated rings. The highest BCUT2D eigenvalue weighted by Crippen LogP contribution is 2.20. The molecule has 3 rings (SSSR count). The fourth-order valence-corrected chi connectivity index (χ4v) is 2.06. The highest BCUT2D eigenvalue weighted by Gasteiger charge is 2.16. The van der Waals surface area contributed by atoms with Gasteiger partial charge in [-0.2, -0.15) is 0 Å². The largest absolute Gasteiger partial charge is 0.463 e. The molecule has 0 saturated carbocycles. The van der Waals surface area contributed by atoms with E-state index in [4.69, 9.17) is 4.42 Å². The summed E-state index contributed by atoms with van der Waals surface area (Å²) in [6.45, 7) is 1.90. The number of carbonyl (C=O) groups is 1. The summed E-state index contributed by atoms with van der Waals surface area (Å²) in [6, 6.07) is 7.29. The lowest BCUT2D eigenvalue weighted by Gasteiger charge is -2.07. The van der Waals surface area contributed by atoms with Gasteiger partial charge in [0, 0.05) is 25.4 Å². The predicted molar refractivity (Wildman–Crippen MR) is 72.1 cm³/mol. The van der Waals surface area contributed by atoms with Crippen LogP contribution in [0.25, 0.3) is 11.1 Å². The van der Waals surface area contributed by atoms with Gasteiger partial charge < -0.3 is 14.3 Å². The Bertz CT molecular complexity index is 755. The van der Waals surface area contributed by atoms with Crippen molar-refractivity contribution in [3.05, 3.63) is 48.0 Å². The second kappa shape index (κ2) is 4.28. The van der Waals surface area contributed by atoms with Crippen molar-refractivity contribution < 1.29 is 9.21 Å². The number of anilines is 1. The molecule has 0 bridgehead atoms. The van der Waals surface area contributed by atoms with Crippen LogP contribution >= 0.6 is 0 Å². The zero-order valence-electron chi connectivity index (χ0n) is 10.7. The van der Waals surface area contributed by atoms with Crippen molar-refractivity contribution in [3.8, 4) is 0 Å². The molecule has 5 heteroatoms. The maximum atomic E-state index is 12.2. The monoisotopic (exact) mass is 255 g/mol. The first-order valence-corrected chi connectivity index (χ1v) is 5.92. The minimum absolute atomic E-state index is 0.198. The number of pyridine rings is 1. The maximum absolute atomic E-state index is 12.2. The molecule has 0 unspecified atom stereocenters. The number of fused-ring (bicyclic) bond motifs is 1. The average Bonchev–Trinajstić information content (AvgIpc) is 2.96. The molecule has 3 heterocycles. The zero-order valence-corrected chi connectivity index (χ0v) is 10.7. The number of aromatic nitrogens is 2. The molecule has 0 aliphatic heterocycles. The summed E-state index contributed by atoms with van der Waals surface area (Å²) in [7, 11) is 1.83. The third-order valence-electron chi connectivity index (χ3n) is 3.14. The average molecular weight is 255 g/mol. The summed E-state index contributed by atoms with van der Waals surface area (Å²) < 4.78 is 7.09. The van der Waals surface area contributed by atoms with Gasteiger partial charge in [-0.05, 0) is 18.6 Å². The quantitative estimate of drug-likeness (QED) is 0.766. The molecular formula is C14H13N3O2. The van der Waals surface area contributed by atoms with Crippen molar-refractivity contribution in [2.45, 2.75) is 6.92 Å². The summed E-state index contributed by atoms with van der Waals surface area (Å²) in [5, 5.41) is 2.81. The lowest BCUT2D eigenvalue weighted by molar-refractivity contribution is 0.101. The first-order chi connectivity index (χ1) is 9.16. The van der Waals surface area contributed by atoms with Crippen LogP contribution in [0.2, 0.25) is 0 Å². The van der Waals surface area contributed by atoms with Gasteiger partial charge in [0.05, 0.1) is 11.8 Å². The molecule has 0 aliphatic rings. The van der Waals surface area contributed by atoms with E-state index in [1.54, 1.807) is 23.1 Å². The normalized spacial score (nSPS) is 10.8. The fraction of sp³-hybridized carbons (Fsp3) is 0.143. The van der Waals surface area contributed by atoms with E-state index in [0.29, 0.717) is 17.1 Å². The van der Waals surface area contributed by atoms with Crippen molar-refractivity contribution >= 4 is 22.8 Å². The summed E-state index contributed by atoms with van der Waals surface area (Å²) in [6.07, 6.45) is 3.26. The standard InChI is InChI=1S/C14H13N3O2/c1-9-4-3-6-15-13(9)16-14(18)11-8-12-10(17(11)2)5-7-19-12/h3-8H,1-2H3,(H,15,16,18). The number of aryl methyl sites for hydroxylation is 2. The van der Waals surface area contributed by atoms with E-state index in [2.05, 4.69) is 10.3 Å². The highest BCUT2D eigenvalue weighted by molar-refractivity contribution is 6.05. The Balaban J connectivity index is 1.94. The Morgan fingerprint density at radius 1 is 1.42 bits per heavy atom. The van der Waals surface area contributed by atoms with Crippen LogP contribution in [0.5, 0.6) is 0 Å². The zero-order chi connectivity index (χ0) is 13.4. The topological polar surface area (TPSA) is 60.1 Å². The molecule has 0 saturated heterocycles. The van der Waals surface area contributed by atoms with Crippen LogP contribution in [-0.4, -0.2) is 15.5 Å². The van der Waals surface area contributed by atoms with Gasteiger partial charge in [0.2, 0.25) is 0 Å². The number of hydrogen-bond acceptors (Lipinski definition) is 3. The van der Waals surface area contributed by atoms with Gasteiger partial charge in [0.1, 0.15) is 11.5 Å². The molecule has 3 aromatic rings. The number of hydrogen-bond donors (Lipinski definition) is 1. The number of nitrogens with zero attached hydrogens (tertiary/aromatic N) is 2. The lowest BCUT2D eigenvalue weighted by atomic mass is 10.3. The molecule has 1 amide bonds. The van der Waals surface area contributed by atoms with Gasteiger partial charge in [-0.1, -0.05) is 6.07 Å². The number of carbonyl (C=O) groups excluding carboxylic acids is 1. The number of rotatable bonds is 2. The van der Waals surface area contributed by atoms with Crippen LogP contribution in [-0.2, 0) is 7.05 Å². The van der Waals surface area contributed by atoms with E-state index in [1.165, 1.54) is 0 Å². The van der Waals surface area contributed by atoms with E-state index in [1.807, 2.05) is 32.2 Å². The van der Waals surface area contributed by atoms with E-state index in [0.717, 1.165) is 11.1 Å². The van der Waals surface area contributed by atoms with Crippen molar-refractivity contribution in [2.24, 2.45) is 7.05 Å². The summed E-state index contributed by atoms with van der Waals surface area (Å²) >= 11 is 0. The minimum Gasteiger partial charge on any atom is -0.463 e. The van der Waals surface area contributed by atoms with Crippen LogP contribution in [0.3, 0.4) is 0 Å². The molecule has 0 aromatic carbocycles. The van der Waals surface area contributed by atoms with Crippen molar-refractivity contribution in [1.82, 2.24) is 9.55 Å². The van der Waals surface area contributed by atoms with Crippen LogP contribution in [0.4, 0.5) is 5.82 Å². The van der Waals surface area contributed by atoms with Crippen molar-refractivity contribution in [1.29, 1.82) is 0 Å². The van der Waals surface area contributed by atoms with E-state index >= 15 is 0 Å². The first-order valence-electron chi connectivity index (χ1n) is 5.92. The number of nitrogens with one attached hydrogen (secondary N) is 1. The third kappa shape index (κ3) is 1.89. The Morgan fingerprint density at radius 2 is 2.26 bits per heavy atom. The molecule has 19 heavy (non-hydrogen) atoms. The Hall–Kier alpha value is -2.56. The van der Waals surface area contributed by atoms with Gasteiger partial charge in [-0.15, -0.1) is 0 Å². The molecule has 5 nitrogen and oxygen atoms in total. The lowest BCUT2D eigenvalue weighted by Crippen LogP contribution is -2.16. The summed E-state index contributed by atoms with van der Waals surface area (Å²) in [5.74, 6) is 0.376.